The van der Waals surface area contributed by atoms with Crippen LogP contribution in [-0.2, 0) is 6.42 Å². The molecule has 17 heavy (non-hydrogen) atoms. The Kier molecular flexibility index (Phi) is 3.97. The van der Waals surface area contributed by atoms with E-state index in [0.29, 0.717) is 15.1 Å². The van der Waals surface area contributed by atoms with Crippen molar-refractivity contribution in [2.75, 3.05) is 0 Å². The molecule has 5 heteroatoms. The van der Waals surface area contributed by atoms with Gasteiger partial charge in [0.25, 0.3) is 0 Å². The molecule has 1 aromatic heterocycles. The minimum absolute atomic E-state index is 0.255. The second kappa shape index (κ2) is 5.47. The SMILES string of the molecule is CCc1c(Cl)ncnc1Sc1ccccc1F. The molecule has 0 spiro atoms. The summed E-state index contributed by atoms with van der Waals surface area (Å²) < 4.78 is 13.5. The second-order valence-electron chi connectivity index (χ2n) is 3.33. The molecular formula is C12H10ClFN2S. The number of hydrogen-bond acceptors (Lipinski definition) is 3. The first-order valence-corrected chi connectivity index (χ1v) is 6.33. The Morgan fingerprint density at radius 2 is 2.06 bits per heavy atom. The van der Waals surface area contributed by atoms with E-state index in [0.717, 1.165) is 12.0 Å². The van der Waals surface area contributed by atoms with E-state index >= 15 is 0 Å². The van der Waals surface area contributed by atoms with Crippen molar-refractivity contribution in [2.45, 2.75) is 23.3 Å². The zero-order chi connectivity index (χ0) is 12.3. The van der Waals surface area contributed by atoms with Crippen LogP contribution in [0.5, 0.6) is 0 Å². The Hall–Kier alpha value is -1.13. The molecule has 0 N–H and O–H groups in total. The third kappa shape index (κ3) is 2.76. The van der Waals surface area contributed by atoms with Gasteiger partial charge in [0, 0.05) is 10.5 Å². The van der Waals surface area contributed by atoms with E-state index in [4.69, 9.17) is 11.6 Å². The average Bonchev–Trinajstić information content (AvgIpc) is 2.32. The fraction of sp³-hybridized carbons (Fsp3) is 0.167. The third-order valence-corrected chi connectivity index (χ3v) is 3.67. The van der Waals surface area contributed by atoms with Gasteiger partial charge in [0.2, 0.25) is 0 Å². The molecule has 0 saturated heterocycles. The largest absolute Gasteiger partial charge is 0.229 e. The van der Waals surface area contributed by atoms with Gasteiger partial charge in [-0.2, -0.15) is 0 Å². The molecule has 1 heterocycles. The quantitative estimate of drug-likeness (QED) is 0.788. The van der Waals surface area contributed by atoms with Crippen LogP contribution in [0.15, 0.2) is 40.5 Å². The van der Waals surface area contributed by atoms with Crippen LogP contribution < -0.4 is 0 Å². The summed E-state index contributed by atoms with van der Waals surface area (Å²) in [7, 11) is 0. The Labute approximate surface area is 108 Å². The van der Waals surface area contributed by atoms with Crippen LogP contribution in [-0.4, -0.2) is 9.97 Å². The molecule has 2 nitrogen and oxygen atoms in total. The molecule has 0 aliphatic heterocycles. The summed E-state index contributed by atoms with van der Waals surface area (Å²) in [6, 6.07) is 6.60. The molecule has 0 saturated carbocycles. The van der Waals surface area contributed by atoms with Gasteiger partial charge in [-0.25, -0.2) is 14.4 Å². The summed E-state index contributed by atoms with van der Waals surface area (Å²) in [5.41, 5.74) is 0.849. The predicted octanol–water partition coefficient (Wildman–Crippen LogP) is 3.98. The number of halogens is 2. The molecule has 0 aliphatic rings. The summed E-state index contributed by atoms with van der Waals surface area (Å²) in [4.78, 5) is 8.61. The van der Waals surface area contributed by atoms with Gasteiger partial charge in [0.05, 0.1) is 0 Å². The Morgan fingerprint density at radius 3 is 2.76 bits per heavy atom. The predicted molar refractivity (Wildman–Crippen MR) is 66.9 cm³/mol. The molecule has 0 amide bonds. The monoisotopic (exact) mass is 268 g/mol. The normalized spacial score (nSPS) is 10.5. The lowest BCUT2D eigenvalue weighted by Crippen LogP contribution is -1.94. The van der Waals surface area contributed by atoms with E-state index in [9.17, 15) is 4.39 Å². The standard InChI is InChI=1S/C12H10ClFN2S/c1-2-8-11(13)15-7-16-12(8)17-10-6-4-3-5-9(10)14/h3-7H,2H2,1H3. The van der Waals surface area contributed by atoms with Crippen LogP contribution in [0.3, 0.4) is 0 Å². The minimum Gasteiger partial charge on any atom is -0.229 e. The van der Waals surface area contributed by atoms with E-state index < -0.39 is 0 Å². The van der Waals surface area contributed by atoms with E-state index in [-0.39, 0.29) is 5.82 Å². The average molecular weight is 269 g/mol. The highest BCUT2D eigenvalue weighted by Gasteiger charge is 2.11. The van der Waals surface area contributed by atoms with Gasteiger partial charge >= 0.3 is 0 Å². The lowest BCUT2D eigenvalue weighted by atomic mass is 10.3. The van der Waals surface area contributed by atoms with Gasteiger partial charge in [-0.05, 0) is 18.6 Å². The van der Waals surface area contributed by atoms with Gasteiger partial charge < -0.3 is 0 Å². The van der Waals surface area contributed by atoms with Crippen molar-refractivity contribution in [1.29, 1.82) is 0 Å². The molecule has 0 fully saturated rings. The number of aromatic nitrogens is 2. The first-order chi connectivity index (χ1) is 8.22. The van der Waals surface area contributed by atoms with Gasteiger partial charge in [-0.1, -0.05) is 42.4 Å². The molecule has 88 valence electrons. The highest BCUT2D eigenvalue weighted by atomic mass is 35.5. The van der Waals surface area contributed by atoms with E-state index in [1.165, 1.54) is 24.2 Å². The van der Waals surface area contributed by atoms with Crippen molar-refractivity contribution in [2.24, 2.45) is 0 Å². The van der Waals surface area contributed by atoms with Gasteiger partial charge in [0.15, 0.2) is 0 Å². The molecule has 1 aromatic carbocycles. The second-order valence-corrected chi connectivity index (χ2v) is 4.72. The highest BCUT2D eigenvalue weighted by Crippen LogP contribution is 2.32. The summed E-state index contributed by atoms with van der Waals surface area (Å²) in [5, 5.41) is 1.14. The molecule has 0 atom stereocenters. The molecule has 0 aliphatic carbocycles. The molecule has 0 bridgehead atoms. The molecular weight excluding hydrogens is 259 g/mol. The lowest BCUT2D eigenvalue weighted by Gasteiger charge is -2.07. The molecule has 2 rings (SSSR count). The smallest absolute Gasteiger partial charge is 0.137 e. The highest BCUT2D eigenvalue weighted by molar-refractivity contribution is 7.99. The van der Waals surface area contributed by atoms with Crippen molar-refractivity contribution >= 4 is 23.4 Å². The van der Waals surface area contributed by atoms with Crippen molar-refractivity contribution < 1.29 is 4.39 Å². The maximum atomic E-state index is 13.5. The summed E-state index contributed by atoms with van der Waals surface area (Å²) >= 11 is 7.25. The zero-order valence-corrected chi connectivity index (χ0v) is 10.7. The zero-order valence-electron chi connectivity index (χ0n) is 9.15. The van der Waals surface area contributed by atoms with Crippen LogP contribution >= 0.6 is 23.4 Å². The fourth-order valence-corrected chi connectivity index (χ4v) is 2.70. The van der Waals surface area contributed by atoms with Crippen LogP contribution in [0.2, 0.25) is 5.15 Å². The Balaban J connectivity index is 2.37. The maximum absolute atomic E-state index is 13.5. The third-order valence-electron chi connectivity index (χ3n) is 2.25. The fourth-order valence-electron chi connectivity index (χ4n) is 1.39. The van der Waals surface area contributed by atoms with Crippen LogP contribution in [0.1, 0.15) is 12.5 Å². The van der Waals surface area contributed by atoms with Crippen LogP contribution in [0.4, 0.5) is 4.39 Å². The molecule has 0 radical (unpaired) electrons. The number of hydrogen-bond donors (Lipinski definition) is 0. The minimum atomic E-state index is -0.255. The van der Waals surface area contributed by atoms with Gasteiger partial charge in [-0.15, -0.1) is 0 Å². The summed E-state index contributed by atoms with van der Waals surface area (Å²) in [5.74, 6) is -0.255. The number of benzene rings is 1. The van der Waals surface area contributed by atoms with Crippen molar-refractivity contribution in [3.8, 4) is 0 Å². The number of nitrogens with zero attached hydrogens (tertiary/aromatic N) is 2. The van der Waals surface area contributed by atoms with Crippen LogP contribution in [0.25, 0.3) is 0 Å². The van der Waals surface area contributed by atoms with Gasteiger partial charge in [-0.3, -0.25) is 0 Å². The van der Waals surface area contributed by atoms with Crippen molar-refractivity contribution in [3.63, 3.8) is 0 Å². The molecule has 0 unspecified atom stereocenters. The number of rotatable bonds is 3. The van der Waals surface area contributed by atoms with E-state index in [2.05, 4.69) is 9.97 Å². The maximum Gasteiger partial charge on any atom is 0.137 e. The Morgan fingerprint density at radius 1 is 1.29 bits per heavy atom. The van der Waals surface area contributed by atoms with Crippen molar-refractivity contribution in [1.82, 2.24) is 9.97 Å². The van der Waals surface area contributed by atoms with Crippen LogP contribution in [0, 0.1) is 5.82 Å². The van der Waals surface area contributed by atoms with Crippen molar-refractivity contribution in [3.05, 3.63) is 47.1 Å². The summed E-state index contributed by atoms with van der Waals surface area (Å²) in [6.45, 7) is 1.97. The first-order valence-electron chi connectivity index (χ1n) is 5.14. The van der Waals surface area contributed by atoms with E-state index in [1.807, 2.05) is 6.92 Å². The topological polar surface area (TPSA) is 25.8 Å². The summed E-state index contributed by atoms with van der Waals surface area (Å²) in [6.07, 6.45) is 2.11. The first kappa shape index (κ1) is 12.3. The lowest BCUT2D eigenvalue weighted by molar-refractivity contribution is 0.602. The van der Waals surface area contributed by atoms with E-state index in [1.54, 1.807) is 18.2 Å². The van der Waals surface area contributed by atoms with Gasteiger partial charge in [0.1, 0.15) is 22.3 Å². The molecule has 2 aromatic rings. The Bertz CT molecular complexity index is 534.